The molecule has 3 N–H and O–H groups in total. The molecule has 0 aliphatic heterocycles. The Morgan fingerprint density at radius 2 is 1.82 bits per heavy atom. The minimum atomic E-state index is -3.60. The zero-order valence-corrected chi connectivity index (χ0v) is 16.7. The minimum Gasteiger partial charge on any atom is -0.496 e. The number of nitrogens with two attached hydrogens (primary N) is 1. The normalized spacial score (nSPS) is 11.3. The van der Waals surface area contributed by atoms with E-state index in [0.717, 1.165) is 4.31 Å². The summed E-state index contributed by atoms with van der Waals surface area (Å²) in [5.74, 6) is -0.487. The van der Waals surface area contributed by atoms with E-state index in [9.17, 15) is 18.0 Å². The number of nitrogens with zero attached hydrogens (tertiary/aromatic N) is 1. The van der Waals surface area contributed by atoms with Gasteiger partial charge in [0.15, 0.2) is 0 Å². The van der Waals surface area contributed by atoms with E-state index in [1.807, 2.05) is 0 Å². The zero-order chi connectivity index (χ0) is 20.9. The number of primary amides is 1. The highest BCUT2D eigenvalue weighted by atomic mass is 32.2. The summed E-state index contributed by atoms with van der Waals surface area (Å²) in [5, 5.41) is 2.66. The van der Waals surface area contributed by atoms with Crippen LogP contribution in [0.15, 0.2) is 47.4 Å². The molecule has 0 saturated carbocycles. The van der Waals surface area contributed by atoms with Crippen LogP contribution in [0.5, 0.6) is 5.75 Å². The van der Waals surface area contributed by atoms with Crippen LogP contribution in [0.4, 0.5) is 5.69 Å². The van der Waals surface area contributed by atoms with Crippen LogP contribution in [0, 0.1) is 0 Å². The number of aryl methyl sites for hydroxylation is 1. The Labute approximate surface area is 164 Å². The van der Waals surface area contributed by atoms with Crippen molar-refractivity contribution in [2.45, 2.75) is 17.7 Å². The Morgan fingerprint density at radius 1 is 1.14 bits per heavy atom. The van der Waals surface area contributed by atoms with Crippen molar-refractivity contribution < 1.29 is 22.7 Å². The lowest BCUT2D eigenvalue weighted by molar-refractivity contribution is -0.116. The average molecular weight is 405 g/mol. The molecule has 2 amide bonds. The number of carbonyl (C=O) groups excluding carboxylic acids is 2. The van der Waals surface area contributed by atoms with E-state index in [1.165, 1.54) is 39.4 Å². The van der Waals surface area contributed by atoms with Crippen LogP contribution >= 0.6 is 0 Å². The molecule has 2 aromatic rings. The van der Waals surface area contributed by atoms with E-state index < -0.39 is 15.9 Å². The lowest BCUT2D eigenvalue weighted by Gasteiger charge is -2.15. The van der Waals surface area contributed by atoms with Crippen molar-refractivity contribution in [2.75, 3.05) is 26.5 Å². The van der Waals surface area contributed by atoms with Gasteiger partial charge in [0.1, 0.15) is 5.75 Å². The first-order chi connectivity index (χ1) is 13.2. The van der Waals surface area contributed by atoms with Crippen molar-refractivity contribution in [1.82, 2.24) is 4.31 Å². The van der Waals surface area contributed by atoms with Crippen LogP contribution in [0.2, 0.25) is 0 Å². The molecule has 150 valence electrons. The number of rotatable bonds is 8. The molecule has 2 rings (SSSR count). The maximum atomic E-state index is 12.3. The van der Waals surface area contributed by atoms with E-state index >= 15 is 0 Å². The lowest BCUT2D eigenvalue weighted by atomic mass is 10.1. The number of para-hydroxylation sites is 1. The number of sulfonamides is 1. The third kappa shape index (κ3) is 4.87. The molecule has 9 heteroatoms. The molecule has 0 aliphatic carbocycles. The summed E-state index contributed by atoms with van der Waals surface area (Å²) in [5.41, 5.74) is 6.44. The summed E-state index contributed by atoms with van der Waals surface area (Å²) in [4.78, 5) is 23.9. The molecule has 0 fully saturated rings. The van der Waals surface area contributed by atoms with E-state index in [1.54, 1.807) is 24.3 Å². The van der Waals surface area contributed by atoms with E-state index in [0.29, 0.717) is 17.0 Å². The Kier molecular flexibility index (Phi) is 6.76. The molecule has 8 nitrogen and oxygen atoms in total. The molecule has 2 aromatic carbocycles. The monoisotopic (exact) mass is 405 g/mol. The standard InChI is InChI=1S/C19H23N3O5S/c1-22(2)28(25,26)14-9-10-17(27-3)13(12-14)8-11-18(23)21-16-7-5-4-6-15(16)19(20)24/h4-7,9-10,12H,8,11H2,1-3H3,(H2,20,24)(H,21,23). The van der Waals surface area contributed by atoms with Crippen LogP contribution < -0.4 is 15.8 Å². The van der Waals surface area contributed by atoms with E-state index in [4.69, 9.17) is 10.5 Å². The van der Waals surface area contributed by atoms with Crippen LogP contribution in [0.1, 0.15) is 22.3 Å². The predicted molar refractivity (Wildman–Crippen MR) is 106 cm³/mol. The van der Waals surface area contributed by atoms with Crippen molar-refractivity contribution in [3.05, 3.63) is 53.6 Å². The second-order valence-electron chi connectivity index (χ2n) is 6.22. The van der Waals surface area contributed by atoms with Crippen molar-refractivity contribution in [3.8, 4) is 5.75 Å². The number of hydrogen-bond donors (Lipinski definition) is 2. The van der Waals surface area contributed by atoms with E-state index in [2.05, 4.69) is 5.32 Å². The topological polar surface area (TPSA) is 119 Å². The van der Waals surface area contributed by atoms with E-state index in [-0.39, 0.29) is 29.2 Å². The SMILES string of the molecule is COc1ccc(S(=O)(=O)N(C)C)cc1CCC(=O)Nc1ccccc1C(N)=O. The first-order valence-electron chi connectivity index (χ1n) is 8.45. The van der Waals surface area contributed by atoms with Crippen molar-refractivity contribution in [1.29, 1.82) is 0 Å². The molecular formula is C19H23N3O5S. The second kappa shape index (κ2) is 8.85. The Morgan fingerprint density at radius 3 is 2.43 bits per heavy atom. The van der Waals surface area contributed by atoms with Gasteiger partial charge in [0.05, 0.1) is 23.3 Å². The van der Waals surface area contributed by atoms with Gasteiger partial charge in [-0.2, -0.15) is 0 Å². The molecule has 0 aliphatic rings. The molecule has 28 heavy (non-hydrogen) atoms. The van der Waals surface area contributed by atoms with Crippen LogP contribution in [0.3, 0.4) is 0 Å². The molecule has 0 radical (unpaired) electrons. The number of methoxy groups -OCH3 is 1. The third-order valence-corrected chi connectivity index (χ3v) is 5.93. The quantitative estimate of drug-likeness (QED) is 0.692. The molecular weight excluding hydrogens is 382 g/mol. The number of nitrogens with one attached hydrogen (secondary N) is 1. The molecule has 0 bridgehead atoms. The highest BCUT2D eigenvalue weighted by Gasteiger charge is 2.19. The van der Waals surface area contributed by atoms with Gasteiger partial charge in [0.25, 0.3) is 5.91 Å². The maximum absolute atomic E-state index is 12.3. The van der Waals surface area contributed by atoms with Gasteiger partial charge < -0.3 is 15.8 Å². The fraction of sp³-hybridized carbons (Fsp3) is 0.263. The van der Waals surface area contributed by atoms with Crippen LogP contribution in [0.25, 0.3) is 0 Å². The summed E-state index contributed by atoms with van der Waals surface area (Å²) in [6.07, 6.45) is 0.319. The largest absolute Gasteiger partial charge is 0.496 e. The number of hydrogen-bond acceptors (Lipinski definition) is 5. The molecule has 0 atom stereocenters. The van der Waals surface area contributed by atoms with Gasteiger partial charge in [-0.05, 0) is 42.3 Å². The van der Waals surface area contributed by atoms with Gasteiger partial charge in [0.2, 0.25) is 15.9 Å². The van der Waals surface area contributed by atoms with Crippen LogP contribution in [-0.2, 0) is 21.2 Å². The van der Waals surface area contributed by atoms with Gasteiger partial charge in [-0.25, -0.2) is 12.7 Å². The Balaban J connectivity index is 2.18. The van der Waals surface area contributed by atoms with Gasteiger partial charge in [-0.1, -0.05) is 12.1 Å². The molecule has 0 saturated heterocycles. The first-order valence-corrected chi connectivity index (χ1v) is 9.89. The number of carbonyl (C=O) groups is 2. The molecule has 0 spiro atoms. The molecule has 0 aromatic heterocycles. The van der Waals surface area contributed by atoms with Gasteiger partial charge in [-0.15, -0.1) is 0 Å². The number of benzene rings is 2. The maximum Gasteiger partial charge on any atom is 0.250 e. The molecule has 0 heterocycles. The number of anilines is 1. The lowest BCUT2D eigenvalue weighted by Crippen LogP contribution is -2.22. The van der Waals surface area contributed by atoms with Crippen LogP contribution in [-0.4, -0.2) is 45.7 Å². The summed E-state index contributed by atoms with van der Waals surface area (Å²) >= 11 is 0. The fourth-order valence-corrected chi connectivity index (χ4v) is 3.54. The Bertz CT molecular complexity index is 987. The third-order valence-electron chi connectivity index (χ3n) is 4.12. The van der Waals surface area contributed by atoms with Gasteiger partial charge in [0, 0.05) is 20.5 Å². The minimum absolute atomic E-state index is 0.0644. The number of ether oxygens (including phenoxy) is 1. The van der Waals surface area contributed by atoms with Crippen molar-refractivity contribution in [2.24, 2.45) is 5.73 Å². The van der Waals surface area contributed by atoms with Gasteiger partial charge >= 0.3 is 0 Å². The first kappa shape index (κ1) is 21.4. The Hall–Kier alpha value is -2.91. The predicted octanol–water partition coefficient (Wildman–Crippen LogP) is 1.62. The molecule has 0 unspecified atom stereocenters. The zero-order valence-electron chi connectivity index (χ0n) is 15.9. The summed E-state index contributed by atoms with van der Waals surface area (Å²) in [6, 6.07) is 11.0. The second-order valence-corrected chi connectivity index (χ2v) is 8.37. The van der Waals surface area contributed by atoms with Crippen molar-refractivity contribution in [3.63, 3.8) is 0 Å². The highest BCUT2D eigenvalue weighted by molar-refractivity contribution is 7.89. The average Bonchev–Trinajstić information content (AvgIpc) is 2.66. The van der Waals surface area contributed by atoms with Crippen molar-refractivity contribution >= 4 is 27.5 Å². The van der Waals surface area contributed by atoms with Gasteiger partial charge in [-0.3, -0.25) is 9.59 Å². The summed E-state index contributed by atoms with van der Waals surface area (Å²) in [6.45, 7) is 0. The summed E-state index contributed by atoms with van der Waals surface area (Å²) < 4.78 is 31.0. The summed E-state index contributed by atoms with van der Waals surface area (Å²) in [7, 11) is 0.768. The fourth-order valence-electron chi connectivity index (χ4n) is 2.59. The highest BCUT2D eigenvalue weighted by Crippen LogP contribution is 2.25. The smallest absolute Gasteiger partial charge is 0.250 e. The number of amides is 2.